The summed E-state index contributed by atoms with van der Waals surface area (Å²) in [5, 5.41) is 3.29. The molecule has 0 spiro atoms. The SMILES string of the molecule is CCCc1cccc(C(NC)c2coc(C)n2)c1. The van der Waals surface area contributed by atoms with Crippen LogP contribution in [-0.4, -0.2) is 12.0 Å². The van der Waals surface area contributed by atoms with Gasteiger partial charge in [-0.3, -0.25) is 0 Å². The van der Waals surface area contributed by atoms with Crippen molar-refractivity contribution < 1.29 is 4.42 Å². The van der Waals surface area contributed by atoms with Gasteiger partial charge >= 0.3 is 0 Å². The molecule has 0 aliphatic rings. The second-order valence-corrected chi connectivity index (χ2v) is 4.51. The molecule has 0 saturated carbocycles. The van der Waals surface area contributed by atoms with Gasteiger partial charge in [0.15, 0.2) is 5.89 Å². The van der Waals surface area contributed by atoms with Crippen LogP contribution in [0.3, 0.4) is 0 Å². The molecule has 96 valence electrons. The molecule has 1 aromatic heterocycles. The molecule has 3 heteroatoms. The lowest BCUT2D eigenvalue weighted by Gasteiger charge is -2.14. The number of rotatable bonds is 5. The second-order valence-electron chi connectivity index (χ2n) is 4.51. The number of hydrogen-bond acceptors (Lipinski definition) is 3. The first-order valence-electron chi connectivity index (χ1n) is 6.42. The van der Waals surface area contributed by atoms with Crippen molar-refractivity contribution >= 4 is 0 Å². The zero-order valence-corrected chi connectivity index (χ0v) is 11.2. The highest BCUT2D eigenvalue weighted by molar-refractivity contribution is 5.30. The van der Waals surface area contributed by atoms with Crippen LogP contribution in [0.5, 0.6) is 0 Å². The lowest BCUT2D eigenvalue weighted by Crippen LogP contribution is -2.18. The number of benzene rings is 1. The normalized spacial score (nSPS) is 12.6. The minimum Gasteiger partial charge on any atom is -0.449 e. The molecule has 1 aromatic carbocycles. The van der Waals surface area contributed by atoms with Crippen LogP contribution < -0.4 is 5.32 Å². The van der Waals surface area contributed by atoms with Gasteiger partial charge in [-0.25, -0.2) is 4.98 Å². The third-order valence-corrected chi connectivity index (χ3v) is 3.04. The first-order chi connectivity index (χ1) is 8.74. The Morgan fingerprint density at radius 2 is 2.22 bits per heavy atom. The molecule has 0 aliphatic carbocycles. The first kappa shape index (κ1) is 12.8. The van der Waals surface area contributed by atoms with Crippen LogP contribution in [0.2, 0.25) is 0 Å². The van der Waals surface area contributed by atoms with E-state index in [9.17, 15) is 0 Å². The van der Waals surface area contributed by atoms with Gasteiger partial charge in [-0.2, -0.15) is 0 Å². The van der Waals surface area contributed by atoms with E-state index >= 15 is 0 Å². The van der Waals surface area contributed by atoms with Gasteiger partial charge in [-0.15, -0.1) is 0 Å². The minimum atomic E-state index is 0.0965. The standard InChI is InChI=1S/C15H20N2O/c1-4-6-12-7-5-8-13(9-12)15(16-3)14-10-18-11(2)17-14/h5,7-10,15-16H,4,6H2,1-3H3. The summed E-state index contributed by atoms with van der Waals surface area (Å²) in [6.07, 6.45) is 4.00. The third-order valence-electron chi connectivity index (χ3n) is 3.04. The molecule has 1 unspecified atom stereocenters. The van der Waals surface area contributed by atoms with Crippen LogP contribution in [0, 0.1) is 6.92 Å². The van der Waals surface area contributed by atoms with Crippen molar-refractivity contribution in [1.29, 1.82) is 0 Å². The van der Waals surface area contributed by atoms with E-state index in [1.54, 1.807) is 6.26 Å². The summed E-state index contributed by atoms with van der Waals surface area (Å²) in [6.45, 7) is 4.06. The highest BCUT2D eigenvalue weighted by Crippen LogP contribution is 2.22. The topological polar surface area (TPSA) is 38.1 Å². The van der Waals surface area contributed by atoms with E-state index in [2.05, 4.69) is 41.5 Å². The summed E-state index contributed by atoms with van der Waals surface area (Å²) in [7, 11) is 1.95. The Bertz CT molecular complexity index is 505. The number of oxazole rings is 1. The molecular formula is C15H20N2O. The average Bonchev–Trinajstić information content (AvgIpc) is 2.78. The zero-order valence-electron chi connectivity index (χ0n) is 11.2. The second kappa shape index (κ2) is 5.83. The lowest BCUT2D eigenvalue weighted by atomic mass is 10.00. The summed E-state index contributed by atoms with van der Waals surface area (Å²) in [4.78, 5) is 4.40. The summed E-state index contributed by atoms with van der Waals surface area (Å²) >= 11 is 0. The fourth-order valence-electron chi connectivity index (χ4n) is 2.21. The van der Waals surface area contributed by atoms with Gasteiger partial charge in [-0.1, -0.05) is 37.6 Å². The molecule has 0 amide bonds. The maximum Gasteiger partial charge on any atom is 0.191 e. The quantitative estimate of drug-likeness (QED) is 0.877. The van der Waals surface area contributed by atoms with Crippen LogP contribution in [0.4, 0.5) is 0 Å². The van der Waals surface area contributed by atoms with Crippen LogP contribution in [0.25, 0.3) is 0 Å². The van der Waals surface area contributed by atoms with E-state index in [1.807, 2.05) is 14.0 Å². The molecule has 2 aromatic rings. The van der Waals surface area contributed by atoms with E-state index in [0.29, 0.717) is 5.89 Å². The summed E-state index contributed by atoms with van der Waals surface area (Å²) in [5.41, 5.74) is 3.54. The van der Waals surface area contributed by atoms with Gasteiger partial charge in [0.2, 0.25) is 0 Å². The smallest absolute Gasteiger partial charge is 0.191 e. The van der Waals surface area contributed by atoms with Crippen LogP contribution in [-0.2, 0) is 6.42 Å². The highest BCUT2D eigenvalue weighted by atomic mass is 16.3. The van der Waals surface area contributed by atoms with Crippen molar-refractivity contribution in [1.82, 2.24) is 10.3 Å². The van der Waals surface area contributed by atoms with E-state index in [1.165, 1.54) is 11.1 Å². The van der Waals surface area contributed by atoms with Crippen LogP contribution in [0.15, 0.2) is 34.9 Å². The van der Waals surface area contributed by atoms with E-state index in [4.69, 9.17) is 4.42 Å². The number of nitrogens with zero attached hydrogens (tertiary/aromatic N) is 1. The monoisotopic (exact) mass is 244 g/mol. The zero-order chi connectivity index (χ0) is 13.0. The molecule has 1 N–H and O–H groups in total. The average molecular weight is 244 g/mol. The van der Waals surface area contributed by atoms with Gasteiger partial charge in [0, 0.05) is 6.92 Å². The fourth-order valence-corrected chi connectivity index (χ4v) is 2.21. The highest BCUT2D eigenvalue weighted by Gasteiger charge is 2.15. The Morgan fingerprint density at radius 1 is 1.39 bits per heavy atom. The Hall–Kier alpha value is -1.61. The maximum absolute atomic E-state index is 5.30. The van der Waals surface area contributed by atoms with Gasteiger partial charge in [0.05, 0.1) is 6.04 Å². The van der Waals surface area contributed by atoms with Gasteiger partial charge < -0.3 is 9.73 Å². The van der Waals surface area contributed by atoms with Gasteiger partial charge in [0.25, 0.3) is 0 Å². The maximum atomic E-state index is 5.30. The van der Waals surface area contributed by atoms with Crippen molar-refractivity contribution in [3.8, 4) is 0 Å². The number of aryl methyl sites for hydroxylation is 2. The molecule has 0 fully saturated rings. The molecule has 18 heavy (non-hydrogen) atoms. The molecule has 0 bridgehead atoms. The molecule has 0 saturated heterocycles. The Morgan fingerprint density at radius 3 is 2.83 bits per heavy atom. The predicted molar refractivity (Wildman–Crippen MR) is 72.6 cm³/mol. The van der Waals surface area contributed by atoms with E-state index in [-0.39, 0.29) is 6.04 Å². The fraction of sp³-hybridized carbons (Fsp3) is 0.400. The molecule has 1 heterocycles. The van der Waals surface area contributed by atoms with E-state index in [0.717, 1.165) is 18.5 Å². The molecule has 0 radical (unpaired) electrons. The number of aromatic nitrogens is 1. The summed E-state index contributed by atoms with van der Waals surface area (Å²) in [5.74, 6) is 0.704. The molecule has 2 rings (SSSR count). The number of hydrogen-bond donors (Lipinski definition) is 1. The lowest BCUT2D eigenvalue weighted by molar-refractivity contribution is 0.519. The Kier molecular flexibility index (Phi) is 4.15. The van der Waals surface area contributed by atoms with Crippen LogP contribution in [0.1, 0.15) is 42.1 Å². The third kappa shape index (κ3) is 2.79. The van der Waals surface area contributed by atoms with Crippen molar-refractivity contribution in [3.63, 3.8) is 0 Å². The molecule has 0 aliphatic heterocycles. The van der Waals surface area contributed by atoms with Gasteiger partial charge in [-0.05, 0) is 24.6 Å². The molecular weight excluding hydrogens is 224 g/mol. The van der Waals surface area contributed by atoms with Crippen molar-refractivity contribution in [2.45, 2.75) is 32.7 Å². The van der Waals surface area contributed by atoms with Crippen molar-refractivity contribution in [2.75, 3.05) is 7.05 Å². The summed E-state index contributed by atoms with van der Waals surface area (Å²) < 4.78 is 5.30. The first-order valence-corrected chi connectivity index (χ1v) is 6.42. The predicted octanol–water partition coefficient (Wildman–Crippen LogP) is 3.24. The van der Waals surface area contributed by atoms with Gasteiger partial charge in [0.1, 0.15) is 12.0 Å². The largest absolute Gasteiger partial charge is 0.449 e. The van der Waals surface area contributed by atoms with Crippen LogP contribution >= 0.6 is 0 Å². The van der Waals surface area contributed by atoms with E-state index < -0.39 is 0 Å². The Labute approximate surface area is 108 Å². The Balaban J connectivity index is 2.29. The minimum absolute atomic E-state index is 0.0965. The van der Waals surface area contributed by atoms with Crippen molar-refractivity contribution in [3.05, 3.63) is 53.2 Å². The molecule has 1 atom stereocenters. The van der Waals surface area contributed by atoms with Crippen molar-refractivity contribution in [2.24, 2.45) is 0 Å². The number of nitrogens with one attached hydrogen (secondary N) is 1. The molecule has 3 nitrogen and oxygen atoms in total. The summed E-state index contributed by atoms with van der Waals surface area (Å²) in [6, 6.07) is 8.75.